The molecule has 0 saturated carbocycles. The van der Waals surface area contributed by atoms with E-state index < -0.39 is 11.9 Å². The summed E-state index contributed by atoms with van der Waals surface area (Å²) in [6.07, 6.45) is 0. The summed E-state index contributed by atoms with van der Waals surface area (Å²) in [4.78, 5) is 23.7. The van der Waals surface area contributed by atoms with E-state index in [2.05, 4.69) is 0 Å². The van der Waals surface area contributed by atoms with E-state index in [-0.39, 0.29) is 23.5 Å². The van der Waals surface area contributed by atoms with Crippen LogP contribution in [0.15, 0.2) is 52.3 Å². The Hall–Kier alpha value is -2.47. The smallest absolute Gasteiger partial charge is 0.338 e. The van der Waals surface area contributed by atoms with Gasteiger partial charge in [0.1, 0.15) is 5.75 Å². The fourth-order valence-electron chi connectivity index (χ4n) is 1.74. The lowest BCUT2D eigenvalue weighted by Crippen LogP contribution is -2.04. The first-order valence-corrected chi connectivity index (χ1v) is 7.34. The van der Waals surface area contributed by atoms with Crippen molar-refractivity contribution in [2.45, 2.75) is 16.7 Å². The Morgan fingerprint density at radius 1 is 1.09 bits per heavy atom. The van der Waals surface area contributed by atoms with E-state index in [1.807, 2.05) is 0 Å². The number of benzene rings is 2. The van der Waals surface area contributed by atoms with Crippen LogP contribution in [-0.4, -0.2) is 28.8 Å². The van der Waals surface area contributed by atoms with Crippen molar-refractivity contribution in [2.24, 2.45) is 0 Å². The zero-order valence-electron chi connectivity index (χ0n) is 11.8. The third-order valence-electron chi connectivity index (χ3n) is 2.80. The van der Waals surface area contributed by atoms with Gasteiger partial charge in [-0.1, -0.05) is 11.8 Å². The molecule has 6 heteroatoms. The average molecular weight is 318 g/mol. The molecule has 22 heavy (non-hydrogen) atoms. The number of ether oxygens (including phenoxy) is 1. The summed E-state index contributed by atoms with van der Waals surface area (Å²) in [6, 6.07) is 10.9. The normalized spacial score (nSPS) is 10.2. The summed E-state index contributed by atoms with van der Waals surface area (Å²) in [5.41, 5.74) is 0.483. The van der Waals surface area contributed by atoms with Gasteiger partial charge in [-0.15, -0.1) is 0 Å². The first-order chi connectivity index (χ1) is 10.5. The highest BCUT2D eigenvalue weighted by Crippen LogP contribution is 2.35. The zero-order chi connectivity index (χ0) is 16.1. The molecule has 0 aliphatic carbocycles. The van der Waals surface area contributed by atoms with Crippen molar-refractivity contribution < 1.29 is 24.5 Å². The Morgan fingerprint density at radius 2 is 1.73 bits per heavy atom. The lowest BCUT2D eigenvalue weighted by Gasteiger charge is -2.07. The molecule has 0 fully saturated rings. The molecule has 114 valence electrons. The van der Waals surface area contributed by atoms with Gasteiger partial charge in [0.05, 0.1) is 22.6 Å². The molecule has 2 N–H and O–H groups in total. The van der Waals surface area contributed by atoms with Crippen LogP contribution in [0, 0.1) is 0 Å². The number of carboxylic acids is 1. The van der Waals surface area contributed by atoms with Gasteiger partial charge in [0.25, 0.3) is 0 Å². The van der Waals surface area contributed by atoms with Crippen LogP contribution < -0.4 is 0 Å². The molecule has 0 spiro atoms. The molecule has 2 aromatic rings. The highest BCUT2D eigenvalue weighted by atomic mass is 32.2. The van der Waals surface area contributed by atoms with Crippen LogP contribution >= 0.6 is 11.8 Å². The van der Waals surface area contributed by atoms with Crippen LogP contribution in [0.4, 0.5) is 0 Å². The third-order valence-corrected chi connectivity index (χ3v) is 3.87. The molecule has 0 aliphatic heterocycles. The van der Waals surface area contributed by atoms with Crippen LogP contribution in [0.1, 0.15) is 27.6 Å². The number of aromatic carboxylic acids is 1. The molecule has 0 aromatic heterocycles. The van der Waals surface area contributed by atoms with Crippen molar-refractivity contribution >= 4 is 23.7 Å². The van der Waals surface area contributed by atoms with Crippen LogP contribution in [0.5, 0.6) is 5.75 Å². The molecule has 2 rings (SSSR count). The van der Waals surface area contributed by atoms with Crippen molar-refractivity contribution in [3.8, 4) is 5.75 Å². The second-order valence-corrected chi connectivity index (χ2v) is 5.45. The SMILES string of the molecule is CCOC(=O)c1ccc(Sc2ccc(C(=O)O)cc2)c(O)c1. The van der Waals surface area contributed by atoms with Crippen molar-refractivity contribution in [1.29, 1.82) is 0 Å². The van der Waals surface area contributed by atoms with Crippen LogP contribution in [0.3, 0.4) is 0 Å². The Kier molecular flexibility index (Phi) is 5.06. The quantitative estimate of drug-likeness (QED) is 0.822. The topological polar surface area (TPSA) is 83.8 Å². The zero-order valence-corrected chi connectivity index (χ0v) is 12.6. The van der Waals surface area contributed by atoms with E-state index >= 15 is 0 Å². The number of phenols is 1. The molecule has 0 radical (unpaired) electrons. The Balaban J connectivity index is 2.16. The molecule has 5 nitrogen and oxygen atoms in total. The maximum atomic E-state index is 11.6. The molecule has 0 bridgehead atoms. The number of carbonyl (C=O) groups excluding carboxylic acids is 1. The fourth-order valence-corrected chi connectivity index (χ4v) is 2.56. The summed E-state index contributed by atoms with van der Waals surface area (Å²) in [6.45, 7) is 1.98. The molecular formula is C16H14O5S. The second kappa shape index (κ2) is 7.00. The number of carboxylic acid groups (broad SMARTS) is 1. The fraction of sp³-hybridized carbons (Fsp3) is 0.125. The van der Waals surface area contributed by atoms with Gasteiger partial charge in [-0.25, -0.2) is 9.59 Å². The second-order valence-electron chi connectivity index (χ2n) is 4.33. The van der Waals surface area contributed by atoms with E-state index in [1.165, 1.54) is 30.0 Å². The summed E-state index contributed by atoms with van der Waals surface area (Å²) in [5, 5.41) is 18.8. The maximum absolute atomic E-state index is 11.6. The lowest BCUT2D eigenvalue weighted by molar-refractivity contribution is 0.0525. The third kappa shape index (κ3) is 3.79. The van der Waals surface area contributed by atoms with Crippen LogP contribution in [-0.2, 0) is 4.74 Å². The number of aromatic hydroxyl groups is 1. The largest absolute Gasteiger partial charge is 0.507 e. The molecule has 0 aliphatic rings. The molecular weight excluding hydrogens is 304 g/mol. The standard InChI is InChI=1S/C16H14O5S/c1-2-21-16(20)11-5-8-14(13(17)9-11)22-12-6-3-10(4-7-12)15(18)19/h3-9,17H,2H2,1H3,(H,18,19). The lowest BCUT2D eigenvalue weighted by atomic mass is 10.2. The van der Waals surface area contributed by atoms with Gasteiger partial charge in [0.2, 0.25) is 0 Å². The number of hydrogen-bond acceptors (Lipinski definition) is 5. The van der Waals surface area contributed by atoms with Gasteiger partial charge < -0.3 is 14.9 Å². The van der Waals surface area contributed by atoms with Crippen molar-refractivity contribution in [3.63, 3.8) is 0 Å². The number of rotatable bonds is 5. The minimum absolute atomic E-state index is 0.0298. The highest BCUT2D eigenvalue weighted by molar-refractivity contribution is 7.99. The van der Waals surface area contributed by atoms with E-state index in [0.29, 0.717) is 4.90 Å². The number of hydrogen-bond donors (Lipinski definition) is 2. The van der Waals surface area contributed by atoms with Gasteiger partial charge in [-0.05, 0) is 49.4 Å². The molecule has 2 aromatic carbocycles. The van der Waals surface area contributed by atoms with Gasteiger partial charge in [0.15, 0.2) is 0 Å². The molecule has 0 saturated heterocycles. The first kappa shape index (κ1) is 15.9. The van der Waals surface area contributed by atoms with E-state index in [4.69, 9.17) is 9.84 Å². The predicted molar refractivity (Wildman–Crippen MR) is 81.6 cm³/mol. The minimum Gasteiger partial charge on any atom is -0.507 e. The summed E-state index contributed by atoms with van der Waals surface area (Å²) in [5.74, 6) is -1.50. The number of phenolic OH excluding ortho intramolecular Hbond substituents is 1. The van der Waals surface area contributed by atoms with Crippen molar-refractivity contribution in [1.82, 2.24) is 0 Å². The minimum atomic E-state index is -0.988. The molecule has 0 heterocycles. The van der Waals surface area contributed by atoms with Gasteiger partial charge in [-0.2, -0.15) is 0 Å². The Labute approximate surface area is 131 Å². The predicted octanol–water partition coefficient (Wildman–Crippen LogP) is 3.42. The summed E-state index contributed by atoms with van der Waals surface area (Å²) < 4.78 is 4.86. The molecule has 0 atom stereocenters. The first-order valence-electron chi connectivity index (χ1n) is 6.52. The van der Waals surface area contributed by atoms with E-state index in [9.17, 15) is 14.7 Å². The van der Waals surface area contributed by atoms with Crippen molar-refractivity contribution in [2.75, 3.05) is 6.61 Å². The summed E-state index contributed by atoms with van der Waals surface area (Å²) >= 11 is 1.27. The van der Waals surface area contributed by atoms with Gasteiger partial charge in [0, 0.05) is 4.90 Å². The van der Waals surface area contributed by atoms with E-state index in [1.54, 1.807) is 31.2 Å². The van der Waals surface area contributed by atoms with Gasteiger partial charge >= 0.3 is 11.9 Å². The number of esters is 1. The number of carbonyl (C=O) groups is 2. The Morgan fingerprint density at radius 3 is 2.27 bits per heavy atom. The van der Waals surface area contributed by atoms with Crippen LogP contribution in [0.2, 0.25) is 0 Å². The van der Waals surface area contributed by atoms with Crippen molar-refractivity contribution in [3.05, 3.63) is 53.6 Å². The van der Waals surface area contributed by atoms with Gasteiger partial charge in [-0.3, -0.25) is 0 Å². The monoisotopic (exact) mass is 318 g/mol. The van der Waals surface area contributed by atoms with Crippen LogP contribution in [0.25, 0.3) is 0 Å². The summed E-state index contributed by atoms with van der Waals surface area (Å²) in [7, 11) is 0. The highest BCUT2D eigenvalue weighted by Gasteiger charge is 2.11. The molecule has 0 unspecified atom stereocenters. The molecule has 0 amide bonds. The van der Waals surface area contributed by atoms with E-state index in [0.717, 1.165) is 4.90 Å². The average Bonchev–Trinajstić information content (AvgIpc) is 2.50. The maximum Gasteiger partial charge on any atom is 0.338 e. The Bertz CT molecular complexity index is 694.